The molecule has 9 heteroatoms. The fourth-order valence-electron chi connectivity index (χ4n) is 4.34. The molecule has 0 radical (unpaired) electrons. The van der Waals surface area contributed by atoms with Crippen molar-refractivity contribution in [1.82, 2.24) is 15.0 Å². The van der Waals surface area contributed by atoms with Gasteiger partial charge in [0.1, 0.15) is 16.4 Å². The summed E-state index contributed by atoms with van der Waals surface area (Å²) in [7, 11) is 1.28. The van der Waals surface area contributed by atoms with Gasteiger partial charge in [0.05, 0.1) is 29.9 Å². The average molecular weight is 503 g/mol. The van der Waals surface area contributed by atoms with Crippen molar-refractivity contribution < 1.29 is 13.9 Å². The normalized spacial score (nSPS) is 12.1. The first-order chi connectivity index (χ1) is 17.3. The van der Waals surface area contributed by atoms with Crippen molar-refractivity contribution in [3.8, 4) is 11.5 Å². The van der Waals surface area contributed by atoms with Gasteiger partial charge in [-0.3, -0.25) is 4.79 Å². The molecule has 0 unspecified atom stereocenters. The summed E-state index contributed by atoms with van der Waals surface area (Å²) in [4.78, 5) is 37.4. The van der Waals surface area contributed by atoms with Gasteiger partial charge in [-0.05, 0) is 62.7 Å². The quantitative estimate of drug-likeness (QED) is 0.225. The molecule has 8 nitrogen and oxygen atoms in total. The van der Waals surface area contributed by atoms with Gasteiger partial charge in [0.15, 0.2) is 16.9 Å². The minimum Gasteiger partial charge on any atom is -0.464 e. The minimum atomic E-state index is -0.613. The fraction of sp³-hybridized carbons (Fsp3) is 0.185. The number of aromatic amines is 1. The van der Waals surface area contributed by atoms with E-state index in [9.17, 15) is 9.59 Å². The summed E-state index contributed by atoms with van der Waals surface area (Å²) in [5.74, 6) is -0.163. The SMILES string of the molecule is COC(=O)c1nc(Cl)ccc1N[C@H](C)c1cc(C)cc2c(=O)c(C)c(-c3cc4cccnc4[nH]3)oc12. The molecule has 0 saturated heterocycles. The molecule has 5 aromatic rings. The molecule has 1 aromatic carbocycles. The number of rotatable bonds is 5. The molecule has 1 atom stereocenters. The minimum absolute atomic E-state index is 0.0670. The summed E-state index contributed by atoms with van der Waals surface area (Å²) in [5.41, 5.74) is 4.40. The van der Waals surface area contributed by atoms with Crippen molar-refractivity contribution in [1.29, 1.82) is 0 Å². The van der Waals surface area contributed by atoms with E-state index in [-0.39, 0.29) is 22.3 Å². The Morgan fingerprint density at radius 1 is 1.19 bits per heavy atom. The Balaban J connectivity index is 1.66. The molecule has 0 aliphatic carbocycles. The zero-order chi connectivity index (χ0) is 25.6. The molecule has 4 aromatic heterocycles. The molecule has 0 spiro atoms. The van der Waals surface area contributed by atoms with Crippen LogP contribution in [0.15, 0.2) is 57.9 Å². The van der Waals surface area contributed by atoms with Crippen molar-refractivity contribution in [2.24, 2.45) is 0 Å². The molecule has 5 rings (SSSR count). The number of esters is 1. The second-order valence-electron chi connectivity index (χ2n) is 8.63. The van der Waals surface area contributed by atoms with Crippen molar-refractivity contribution in [2.75, 3.05) is 12.4 Å². The second-order valence-corrected chi connectivity index (χ2v) is 9.02. The van der Waals surface area contributed by atoms with Crippen LogP contribution in [0, 0.1) is 13.8 Å². The number of H-pyrrole nitrogens is 1. The molecule has 4 heterocycles. The number of hydrogen-bond donors (Lipinski definition) is 2. The van der Waals surface area contributed by atoms with E-state index in [1.807, 2.05) is 44.2 Å². The van der Waals surface area contributed by atoms with E-state index < -0.39 is 5.97 Å². The van der Waals surface area contributed by atoms with Crippen LogP contribution in [0.5, 0.6) is 0 Å². The molecule has 0 bridgehead atoms. The lowest BCUT2D eigenvalue weighted by Crippen LogP contribution is -2.15. The van der Waals surface area contributed by atoms with E-state index in [0.29, 0.717) is 39.3 Å². The second kappa shape index (κ2) is 9.13. The van der Waals surface area contributed by atoms with Crippen molar-refractivity contribution in [3.63, 3.8) is 0 Å². The summed E-state index contributed by atoms with van der Waals surface area (Å²) in [5, 5.41) is 4.88. The number of carbonyl (C=O) groups excluding carboxylic acids is 1. The number of nitrogens with one attached hydrogen (secondary N) is 2. The van der Waals surface area contributed by atoms with Crippen LogP contribution in [0.1, 0.15) is 40.1 Å². The van der Waals surface area contributed by atoms with Gasteiger partial charge < -0.3 is 19.5 Å². The number of ether oxygens (including phenoxy) is 1. The fourth-order valence-corrected chi connectivity index (χ4v) is 4.49. The van der Waals surface area contributed by atoms with Gasteiger partial charge in [-0.1, -0.05) is 17.7 Å². The molecule has 0 fully saturated rings. The van der Waals surface area contributed by atoms with Gasteiger partial charge >= 0.3 is 5.97 Å². The Morgan fingerprint density at radius 3 is 2.75 bits per heavy atom. The van der Waals surface area contributed by atoms with E-state index in [1.54, 1.807) is 25.3 Å². The number of pyridine rings is 2. The smallest absolute Gasteiger partial charge is 0.358 e. The first kappa shape index (κ1) is 23.6. The standard InChI is InChI=1S/C27H23ClN4O4/c1-13-10-17(15(3)30-19-7-8-21(28)32-22(19)27(34)35-4)25-18(11-13)23(33)14(2)24(36-25)20-12-16-6-5-9-29-26(16)31-20/h5-12,15,30H,1-4H3,(H,29,31)/t15-/m1/s1. The number of benzene rings is 1. The van der Waals surface area contributed by atoms with Crippen LogP contribution in [0.25, 0.3) is 33.5 Å². The van der Waals surface area contributed by atoms with E-state index in [1.165, 1.54) is 7.11 Å². The van der Waals surface area contributed by atoms with Gasteiger partial charge in [0, 0.05) is 22.7 Å². The number of carbonyl (C=O) groups is 1. The summed E-state index contributed by atoms with van der Waals surface area (Å²) in [6, 6.07) is 12.4. The van der Waals surface area contributed by atoms with Crippen LogP contribution in [0.2, 0.25) is 5.15 Å². The van der Waals surface area contributed by atoms with Crippen molar-refractivity contribution >= 4 is 45.3 Å². The monoisotopic (exact) mass is 502 g/mol. The number of hydrogen-bond acceptors (Lipinski definition) is 7. The highest BCUT2D eigenvalue weighted by Gasteiger charge is 2.22. The Kier molecular flexibility index (Phi) is 5.97. The third-order valence-electron chi connectivity index (χ3n) is 6.11. The first-order valence-corrected chi connectivity index (χ1v) is 11.7. The van der Waals surface area contributed by atoms with Gasteiger partial charge in [-0.15, -0.1) is 0 Å². The predicted octanol–water partition coefficient (Wildman–Crippen LogP) is 5.96. The van der Waals surface area contributed by atoms with E-state index >= 15 is 0 Å². The molecular formula is C27H23ClN4O4. The maximum atomic E-state index is 13.4. The maximum Gasteiger partial charge on any atom is 0.358 e. The topological polar surface area (TPSA) is 110 Å². The molecular weight excluding hydrogens is 480 g/mol. The average Bonchev–Trinajstić information content (AvgIpc) is 3.30. The Morgan fingerprint density at radius 2 is 2.00 bits per heavy atom. The highest BCUT2D eigenvalue weighted by atomic mass is 35.5. The van der Waals surface area contributed by atoms with Crippen LogP contribution in [0.4, 0.5) is 5.69 Å². The van der Waals surface area contributed by atoms with Crippen molar-refractivity contribution in [2.45, 2.75) is 26.8 Å². The van der Waals surface area contributed by atoms with Gasteiger partial charge in [-0.25, -0.2) is 14.8 Å². The Hall–Kier alpha value is -4.17. The molecule has 36 heavy (non-hydrogen) atoms. The number of methoxy groups -OCH3 is 1. The summed E-state index contributed by atoms with van der Waals surface area (Å²) >= 11 is 6.00. The largest absolute Gasteiger partial charge is 0.464 e. The Labute approximate surface area is 211 Å². The van der Waals surface area contributed by atoms with E-state index in [0.717, 1.165) is 16.5 Å². The van der Waals surface area contributed by atoms with Crippen LogP contribution in [-0.2, 0) is 4.74 Å². The number of halogens is 1. The zero-order valence-electron chi connectivity index (χ0n) is 20.1. The van der Waals surface area contributed by atoms with E-state index in [4.69, 9.17) is 20.8 Å². The van der Waals surface area contributed by atoms with Crippen LogP contribution >= 0.6 is 11.6 Å². The molecule has 0 aliphatic heterocycles. The summed E-state index contributed by atoms with van der Waals surface area (Å²) < 4.78 is 11.3. The number of aromatic nitrogens is 3. The summed E-state index contributed by atoms with van der Waals surface area (Å²) in [6.07, 6.45) is 1.70. The lowest BCUT2D eigenvalue weighted by atomic mass is 9.99. The van der Waals surface area contributed by atoms with E-state index in [2.05, 4.69) is 20.3 Å². The third kappa shape index (κ3) is 4.09. The summed E-state index contributed by atoms with van der Waals surface area (Å²) in [6.45, 7) is 5.59. The number of anilines is 1. The zero-order valence-corrected chi connectivity index (χ0v) is 20.9. The first-order valence-electron chi connectivity index (χ1n) is 11.3. The lowest BCUT2D eigenvalue weighted by Gasteiger charge is -2.19. The van der Waals surface area contributed by atoms with Crippen molar-refractivity contribution in [3.05, 3.63) is 86.4 Å². The molecule has 0 saturated carbocycles. The van der Waals surface area contributed by atoms with Gasteiger partial charge in [0.2, 0.25) is 0 Å². The Bertz CT molecular complexity index is 1670. The molecule has 2 N–H and O–H groups in total. The highest BCUT2D eigenvalue weighted by Crippen LogP contribution is 2.33. The number of aryl methyl sites for hydroxylation is 1. The third-order valence-corrected chi connectivity index (χ3v) is 6.32. The van der Waals surface area contributed by atoms with Crippen LogP contribution in [-0.4, -0.2) is 28.0 Å². The van der Waals surface area contributed by atoms with Crippen LogP contribution < -0.4 is 10.7 Å². The highest BCUT2D eigenvalue weighted by molar-refractivity contribution is 6.29. The molecule has 182 valence electrons. The number of nitrogens with zero attached hydrogens (tertiary/aromatic N) is 2. The van der Waals surface area contributed by atoms with Gasteiger partial charge in [-0.2, -0.15) is 0 Å². The molecule has 0 aliphatic rings. The number of fused-ring (bicyclic) bond motifs is 2. The lowest BCUT2D eigenvalue weighted by molar-refractivity contribution is 0.0595. The van der Waals surface area contributed by atoms with Gasteiger partial charge in [0.25, 0.3) is 0 Å². The maximum absolute atomic E-state index is 13.4. The molecule has 0 amide bonds. The van der Waals surface area contributed by atoms with Crippen LogP contribution in [0.3, 0.4) is 0 Å². The predicted molar refractivity (Wildman–Crippen MR) is 140 cm³/mol.